The van der Waals surface area contributed by atoms with E-state index >= 15 is 0 Å². The lowest BCUT2D eigenvalue weighted by atomic mass is 10.1. The van der Waals surface area contributed by atoms with Crippen LogP contribution in [0.5, 0.6) is 17.2 Å². The van der Waals surface area contributed by atoms with E-state index in [-0.39, 0.29) is 6.42 Å². The predicted octanol–water partition coefficient (Wildman–Crippen LogP) is 4.88. The second kappa shape index (κ2) is 8.13. The van der Waals surface area contributed by atoms with Gasteiger partial charge in [0.2, 0.25) is 0 Å². The summed E-state index contributed by atoms with van der Waals surface area (Å²) in [7, 11) is 1.52. The molecule has 2 aromatic rings. The quantitative estimate of drug-likeness (QED) is 0.720. The molecule has 6 heteroatoms. The number of halogens is 1. The van der Waals surface area contributed by atoms with E-state index in [0.717, 1.165) is 10.6 Å². The summed E-state index contributed by atoms with van der Waals surface area (Å²) < 4.78 is 11.0. The van der Waals surface area contributed by atoms with Crippen molar-refractivity contribution in [1.82, 2.24) is 0 Å². The van der Waals surface area contributed by atoms with Gasteiger partial charge in [-0.3, -0.25) is 4.79 Å². The van der Waals surface area contributed by atoms with E-state index in [1.807, 2.05) is 12.1 Å². The number of ether oxygens (including phenoxy) is 2. The predicted molar refractivity (Wildman–Crippen MR) is 92.3 cm³/mol. The van der Waals surface area contributed by atoms with Crippen molar-refractivity contribution in [3.05, 3.63) is 47.0 Å². The number of thioether (sulfide) groups is 1. The standard InChI is InChI=1S/C17H17ClO4S/c1-3-23-14-4-5-16(15(18)10-14)22-13-7-11(8-17(19)20)6-12(9-13)21-2/h4-7,9-10H,3,8H2,1-2H3,(H,19,20). The zero-order chi connectivity index (χ0) is 16.8. The number of hydrogen-bond acceptors (Lipinski definition) is 4. The highest BCUT2D eigenvalue weighted by Crippen LogP contribution is 2.34. The largest absolute Gasteiger partial charge is 0.497 e. The van der Waals surface area contributed by atoms with Crippen LogP contribution in [0.2, 0.25) is 5.02 Å². The summed E-state index contributed by atoms with van der Waals surface area (Å²) in [6.07, 6.45) is -0.104. The number of aliphatic carboxylic acids is 1. The minimum Gasteiger partial charge on any atom is -0.497 e. The van der Waals surface area contributed by atoms with Crippen molar-refractivity contribution in [3.8, 4) is 17.2 Å². The maximum absolute atomic E-state index is 10.9. The fraction of sp³-hybridized carbons (Fsp3) is 0.235. The molecule has 2 aromatic carbocycles. The number of carboxylic acids is 1. The molecule has 0 radical (unpaired) electrons. The molecule has 122 valence electrons. The number of carbonyl (C=O) groups is 1. The highest BCUT2D eigenvalue weighted by molar-refractivity contribution is 7.99. The Labute approximate surface area is 144 Å². The third kappa shape index (κ3) is 5.08. The van der Waals surface area contributed by atoms with Crippen molar-refractivity contribution in [1.29, 1.82) is 0 Å². The minimum absolute atomic E-state index is 0.104. The maximum Gasteiger partial charge on any atom is 0.307 e. The number of rotatable bonds is 7. The number of hydrogen-bond donors (Lipinski definition) is 1. The van der Waals surface area contributed by atoms with Crippen LogP contribution in [0.3, 0.4) is 0 Å². The maximum atomic E-state index is 10.9. The molecule has 4 nitrogen and oxygen atoms in total. The van der Waals surface area contributed by atoms with Crippen LogP contribution in [0.15, 0.2) is 41.3 Å². The van der Waals surface area contributed by atoms with Gasteiger partial charge in [-0.05, 0) is 41.6 Å². The van der Waals surface area contributed by atoms with Gasteiger partial charge in [-0.15, -0.1) is 11.8 Å². The molecule has 0 unspecified atom stereocenters. The first-order valence-electron chi connectivity index (χ1n) is 7.01. The third-order valence-electron chi connectivity index (χ3n) is 2.97. The van der Waals surface area contributed by atoms with E-state index in [2.05, 4.69) is 6.92 Å². The smallest absolute Gasteiger partial charge is 0.307 e. The van der Waals surface area contributed by atoms with E-state index in [9.17, 15) is 4.79 Å². The highest BCUT2D eigenvalue weighted by atomic mass is 35.5. The molecule has 0 spiro atoms. The van der Waals surface area contributed by atoms with Crippen molar-refractivity contribution in [2.75, 3.05) is 12.9 Å². The van der Waals surface area contributed by atoms with Gasteiger partial charge in [-0.1, -0.05) is 18.5 Å². The van der Waals surface area contributed by atoms with Gasteiger partial charge >= 0.3 is 5.97 Å². The molecule has 23 heavy (non-hydrogen) atoms. The molecule has 0 aliphatic rings. The van der Waals surface area contributed by atoms with Crippen molar-refractivity contribution < 1.29 is 19.4 Å². The molecule has 0 bridgehead atoms. The number of benzene rings is 2. The van der Waals surface area contributed by atoms with Gasteiger partial charge < -0.3 is 14.6 Å². The Balaban J connectivity index is 2.26. The molecule has 0 amide bonds. The van der Waals surface area contributed by atoms with Gasteiger partial charge in [0.1, 0.15) is 17.2 Å². The fourth-order valence-electron chi connectivity index (χ4n) is 2.03. The van der Waals surface area contributed by atoms with Gasteiger partial charge in [0, 0.05) is 11.0 Å². The molecule has 0 saturated carbocycles. The molecule has 0 aromatic heterocycles. The first kappa shape index (κ1) is 17.5. The Morgan fingerprint density at radius 3 is 2.57 bits per heavy atom. The minimum atomic E-state index is -0.914. The number of carboxylic acid groups (broad SMARTS) is 1. The van der Waals surface area contributed by atoms with Gasteiger partial charge in [0.25, 0.3) is 0 Å². The van der Waals surface area contributed by atoms with E-state index in [1.54, 1.807) is 36.0 Å². The lowest BCUT2D eigenvalue weighted by Crippen LogP contribution is -2.01. The van der Waals surface area contributed by atoms with Gasteiger partial charge in [-0.2, -0.15) is 0 Å². The van der Waals surface area contributed by atoms with Crippen LogP contribution in [0, 0.1) is 0 Å². The van der Waals surface area contributed by atoms with Crippen LogP contribution >= 0.6 is 23.4 Å². The molecule has 0 aliphatic heterocycles. The first-order valence-corrected chi connectivity index (χ1v) is 8.38. The van der Waals surface area contributed by atoms with Gasteiger partial charge in [0.15, 0.2) is 0 Å². The molecule has 0 heterocycles. The second-order valence-corrected chi connectivity index (χ2v) is 6.46. The zero-order valence-corrected chi connectivity index (χ0v) is 14.4. The summed E-state index contributed by atoms with van der Waals surface area (Å²) >= 11 is 7.94. The summed E-state index contributed by atoms with van der Waals surface area (Å²) in [5.41, 5.74) is 0.598. The molecular formula is C17H17ClO4S. The monoisotopic (exact) mass is 352 g/mol. The van der Waals surface area contributed by atoms with Crippen molar-refractivity contribution in [2.45, 2.75) is 18.2 Å². The highest BCUT2D eigenvalue weighted by Gasteiger charge is 2.09. The fourth-order valence-corrected chi connectivity index (χ4v) is 3.01. The summed E-state index contributed by atoms with van der Waals surface area (Å²) in [5, 5.41) is 9.44. The van der Waals surface area contributed by atoms with Crippen LogP contribution in [0.4, 0.5) is 0 Å². The Morgan fingerprint density at radius 2 is 1.96 bits per heavy atom. The van der Waals surface area contributed by atoms with Gasteiger partial charge in [0.05, 0.1) is 18.6 Å². The normalized spacial score (nSPS) is 10.4. The summed E-state index contributed by atoms with van der Waals surface area (Å²) in [6.45, 7) is 2.07. The summed E-state index contributed by atoms with van der Waals surface area (Å²) in [5.74, 6) is 1.58. The van der Waals surface area contributed by atoms with Crippen molar-refractivity contribution in [3.63, 3.8) is 0 Å². The van der Waals surface area contributed by atoms with Crippen LogP contribution < -0.4 is 9.47 Å². The average Bonchev–Trinajstić information content (AvgIpc) is 2.49. The molecular weight excluding hydrogens is 336 g/mol. The molecule has 1 N–H and O–H groups in total. The van der Waals surface area contributed by atoms with E-state index < -0.39 is 5.97 Å². The SMILES string of the molecule is CCSc1ccc(Oc2cc(CC(=O)O)cc(OC)c2)c(Cl)c1. The lowest BCUT2D eigenvalue weighted by Gasteiger charge is -2.11. The van der Waals surface area contributed by atoms with Crippen molar-refractivity contribution >= 4 is 29.3 Å². The Bertz CT molecular complexity index is 703. The Kier molecular flexibility index (Phi) is 6.19. The topological polar surface area (TPSA) is 55.8 Å². The lowest BCUT2D eigenvalue weighted by molar-refractivity contribution is -0.136. The van der Waals surface area contributed by atoms with Crippen molar-refractivity contribution in [2.24, 2.45) is 0 Å². The zero-order valence-electron chi connectivity index (χ0n) is 12.8. The van der Waals surface area contributed by atoms with E-state index in [4.69, 9.17) is 26.2 Å². The molecule has 0 atom stereocenters. The molecule has 0 saturated heterocycles. The third-order valence-corrected chi connectivity index (χ3v) is 4.14. The molecule has 2 rings (SSSR count). The molecule has 0 fully saturated rings. The summed E-state index contributed by atoms with van der Waals surface area (Å²) in [6, 6.07) is 10.6. The second-order valence-electron chi connectivity index (χ2n) is 4.71. The average molecular weight is 353 g/mol. The van der Waals surface area contributed by atoms with E-state index in [0.29, 0.717) is 27.8 Å². The van der Waals surface area contributed by atoms with Gasteiger partial charge in [-0.25, -0.2) is 0 Å². The molecule has 0 aliphatic carbocycles. The Hall–Kier alpha value is -1.85. The van der Waals surface area contributed by atoms with Crippen LogP contribution in [-0.4, -0.2) is 23.9 Å². The van der Waals surface area contributed by atoms with E-state index in [1.165, 1.54) is 7.11 Å². The summed E-state index contributed by atoms with van der Waals surface area (Å²) in [4.78, 5) is 12.0. The van der Waals surface area contributed by atoms with Crippen LogP contribution in [0.25, 0.3) is 0 Å². The Morgan fingerprint density at radius 1 is 1.22 bits per heavy atom. The van der Waals surface area contributed by atoms with Crippen LogP contribution in [-0.2, 0) is 11.2 Å². The first-order chi connectivity index (χ1) is 11.0. The number of methoxy groups -OCH3 is 1. The van der Waals surface area contributed by atoms with Crippen LogP contribution in [0.1, 0.15) is 12.5 Å².